The van der Waals surface area contributed by atoms with E-state index in [0.29, 0.717) is 12.8 Å². The molecule has 1 saturated carbocycles. The first-order valence-corrected chi connectivity index (χ1v) is 5.07. The van der Waals surface area contributed by atoms with Crippen molar-refractivity contribution >= 4 is 5.91 Å². The van der Waals surface area contributed by atoms with Crippen LogP contribution in [0, 0.1) is 0 Å². The molecule has 1 aromatic rings. The molecule has 5 heteroatoms. The molecule has 1 aliphatic carbocycles. The fourth-order valence-electron chi connectivity index (χ4n) is 1.64. The van der Waals surface area contributed by atoms with Crippen molar-refractivity contribution in [2.45, 2.75) is 25.0 Å². The summed E-state index contributed by atoms with van der Waals surface area (Å²) in [7, 11) is 0. The lowest BCUT2D eigenvalue weighted by Gasteiger charge is -2.31. The molecule has 0 aliphatic heterocycles. The molecule has 0 spiro atoms. The molecule has 0 saturated heterocycles. The molecular formula is C11H13NO4. The molecule has 5 nitrogen and oxygen atoms in total. The highest BCUT2D eigenvalue weighted by atomic mass is 16.3. The first kappa shape index (κ1) is 10.8. The van der Waals surface area contributed by atoms with Crippen molar-refractivity contribution in [3.8, 4) is 11.5 Å². The third-order valence-corrected chi connectivity index (χ3v) is 2.69. The monoisotopic (exact) mass is 223 g/mol. The van der Waals surface area contributed by atoms with Crippen LogP contribution < -0.4 is 5.32 Å². The summed E-state index contributed by atoms with van der Waals surface area (Å²) in [5.74, 6) is -0.885. The van der Waals surface area contributed by atoms with Gasteiger partial charge in [0.1, 0.15) is 0 Å². The Hall–Kier alpha value is -1.75. The van der Waals surface area contributed by atoms with Crippen LogP contribution in [0.25, 0.3) is 0 Å². The number of amides is 1. The Kier molecular flexibility index (Phi) is 2.70. The van der Waals surface area contributed by atoms with Crippen molar-refractivity contribution in [3.05, 3.63) is 23.8 Å². The van der Waals surface area contributed by atoms with Crippen LogP contribution >= 0.6 is 0 Å². The molecule has 0 heterocycles. The van der Waals surface area contributed by atoms with Gasteiger partial charge in [-0.3, -0.25) is 4.79 Å². The molecule has 0 atom stereocenters. The maximum absolute atomic E-state index is 11.6. The number of hydrogen-bond acceptors (Lipinski definition) is 4. The maximum atomic E-state index is 11.6. The molecule has 16 heavy (non-hydrogen) atoms. The molecule has 1 aromatic carbocycles. The minimum Gasteiger partial charge on any atom is -0.504 e. The van der Waals surface area contributed by atoms with E-state index in [0.717, 1.165) is 0 Å². The lowest BCUT2D eigenvalue weighted by Crippen LogP contribution is -2.46. The Morgan fingerprint density at radius 1 is 1.25 bits per heavy atom. The summed E-state index contributed by atoms with van der Waals surface area (Å²) in [5, 5.41) is 30.1. The predicted octanol–water partition coefficient (Wildman–Crippen LogP) is 0.351. The SMILES string of the molecule is O=C(NC1CC(O)C1)c1ccc(O)c(O)c1. The van der Waals surface area contributed by atoms with Gasteiger partial charge in [-0.15, -0.1) is 0 Å². The highest BCUT2D eigenvalue weighted by molar-refractivity contribution is 5.95. The summed E-state index contributed by atoms with van der Waals surface area (Å²) in [6, 6.07) is 3.90. The summed E-state index contributed by atoms with van der Waals surface area (Å²) in [5.41, 5.74) is 0.289. The second kappa shape index (κ2) is 4.02. The minimum atomic E-state index is -0.321. The van der Waals surface area contributed by atoms with Crippen LogP contribution in [0.4, 0.5) is 0 Å². The molecule has 4 N–H and O–H groups in total. The van der Waals surface area contributed by atoms with Crippen LogP contribution in [-0.4, -0.2) is 33.4 Å². The highest BCUT2D eigenvalue weighted by Crippen LogP contribution is 2.25. The van der Waals surface area contributed by atoms with Crippen molar-refractivity contribution in [2.75, 3.05) is 0 Å². The zero-order valence-electron chi connectivity index (χ0n) is 8.55. The molecule has 1 fully saturated rings. The summed E-state index contributed by atoms with van der Waals surface area (Å²) >= 11 is 0. The van der Waals surface area contributed by atoms with E-state index in [4.69, 9.17) is 10.2 Å². The van der Waals surface area contributed by atoms with E-state index in [9.17, 15) is 9.90 Å². The highest BCUT2D eigenvalue weighted by Gasteiger charge is 2.28. The van der Waals surface area contributed by atoms with Gasteiger partial charge >= 0.3 is 0 Å². The lowest BCUT2D eigenvalue weighted by molar-refractivity contribution is 0.0562. The molecular weight excluding hydrogens is 210 g/mol. The number of hydrogen-bond donors (Lipinski definition) is 4. The summed E-state index contributed by atoms with van der Waals surface area (Å²) < 4.78 is 0. The topological polar surface area (TPSA) is 89.8 Å². The number of carbonyl (C=O) groups is 1. The van der Waals surface area contributed by atoms with Gasteiger partial charge in [0.25, 0.3) is 5.91 Å². The number of benzene rings is 1. The van der Waals surface area contributed by atoms with E-state index < -0.39 is 0 Å². The van der Waals surface area contributed by atoms with Gasteiger partial charge in [0.15, 0.2) is 11.5 Å². The number of rotatable bonds is 2. The number of phenolic OH excluding ortho intramolecular Hbond substituents is 2. The van der Waals surface area contributed by atoms with Crippen molar-refractivity contribution in [1.82, 2.24) is 5.32 Å². The third kappa shape index (κ3) is 2.09. The molecule has 0 bridgehead atoms. The molecule has 0 radical (unpaired) electrons. The van der Waals surface area contributed by atoms with Crippen LogP contribution in [0.1, 0.15) is 23.2 Å². The predicted molar refractivity (Wildman–Crippen MR) is 56.3 cm³/mol. The van der Waals surface area contributed by atoms with Crippen molar-refractivity contribution in [2.24, 2.45) is 0 Å². The first-order valence-electron chi connectivity index (χ1n) is 5.07. The van der Waals surface area contributed by atoms with Crippen LogP contribution in [0.3, 0.4) is 0 Å². The van der Waals surface area contributed by atoms with Gasteiger partial charge in [-0.2, -0.15) is 0 Å². The zero-order valence-corrected chi connectivity index (χ0v) is 8.55. The van der Waals surface area contributed by atoms with Gasteiger partial charge < -0.3 is 20.6 Å². The fourth-order valence-corrected chi connectivity index (χ4v) is 1.64. The Morgan fingerprint density at radius 3 is 2.50 bits per heavy atom. The average molecular weight is 223 g/mol. The average Bonchev–Trinajstić information content (AvgIpc) is 2.19. The van der Waals surface area contributed by atoms with E-state index in [1.54, 1.807) is 0 Å². The minimum absolute atomic E-state index is 0.00144. The van der Waals surface area contributed by atoms with Gasteiger partial charge in [-0.1, -0.05) is 0 Å². The normalized spacial score (nSPS) is 23.6. The van der Waals surface area contributed by atoms with Gasteiger partial charge in [0.05, 0.1) is 6.10 Å². The second-order valence-corrected chi connectivity index (χ2v) is 4.00. The molecule has 0 unspecified atom stereocenters. The number of phenols is 2. The number of aliphatic hydroxyl groups excluding tert-OH is 1. The van der Waals surface area contributed by atoms with Gasteiger partial charge in [0, 0.05) is 11.6 Å². The Bertz CT molecular complexity index is 412. The Morgan fingerprint density at radius 2 is 1.94 bits per heavy atom. The summed E-state index contributed by atoms with van der Waals surface area (Å²) in [6.07, 6.45) is 0.810. The molecule has 0 aromatic heterocycles. The van der Waals surface area contributed by atoms with E-state index in [1.807, 2.05) is 0 Å². The summed E-state index contributed by atoms with van der Waals surface area (Å²) in [6.45, 7) is 0. The molecule has 1 aliphatic rings. The number of nitrogens with one attached hydrogen (secondary N) is 1. The lowest BCUT2D eigenvalue weighted by atomic mass is 9.89. The fraction of sp³-hybridized carbons (Fsp3) is 0.364. The molecule has 2 rings (SSSR count). The van der Waals surface area contributed by atoms with Gasteiger partial charge in [0.2, 0.25) is 0 Å². The third-order valence-electron chi connectivity index (χ3n) is 2.69. The van der Waals surface area contributed by atoms with E-state index in [-0.39, 0.29) is 35.1 Å². The van der Waals surface area contributed by atoms with E-state index in [2.05, 4.69) is 5.32 Å². The van der Waals surface area contributed by atoms with Crippen LogP contribution in [0.5, 0.6) is 11.5 Å². The first-order chi connectivity index (χ1) is 7.56. The number of aliphatic hydroxyl groups is 1. The van der Waals surface area contributed by atoms with Crippen LogP contribution in [-0.2, 0) is 0 Å². The van der Waals surface area contributed by atoms with Crippen molar-refractivity contribution < 1.29 is 20.1 Å². The van der Waals surface area contributed by atoms with Crippen LogP contribution in [0.15, 0.2) is 18.2 Å². The maximum Gasteiger partial charge on any atom is 0.251 e. The second-order valence-electron chi connectivity index (χ2n) is 4.00. The quantitative estimate of drug-likeness (QED) is 0.545. The van der Waals surface area contributed by atoms with E-state index >= 15 is 0 Å². The Balaban J connectivity index is 2.01. The van der Waals surface area contributed by atoms with Gasteiger partial charge in [-0.05, 0) is 31.0 Å². The largest absolute Gasteiger partial charge is 0.504 e. The zero-order chi connectivity index (χ0) is 11.7. The van der Waals surface area contributed by atoms with E-state index in [1.165, 1.54) is 18.2 Å². The van der Waals surface area contributed by atoms with Crippen molar-refractivity contribution in [3.63, 3.8) is 0 Å². The van der Waals surface area contributed by atoms with Crippen molar-refractivity contribution in [1.29, 1.82) is 0 Å². The summed E-state index contributed by atoms with van der Waals surface area (Å²) in [4.78, 5) is 11.6. The smallest absolute Gasteiger partial charge is 0.251 e. The number of aromatic hydroxyl groups is 2. The standard InChI is InChI=1S/C11H13NO4/c13-8-4-7(5-8)12-11(16)6-1-2-9(14)10(15)3-6/h1-3,7-8,13-15H,4-5H2,(H,12,16). The molecule has 86 valence electrons. The number of carbonyl (C=O) groups excluding carboxylic acids is 1. The Labute approximate surface area is 92.3 Å². The van der Waals surface area contributed by atoms with Gasteiger partial charge in [-0.25, -0.2) is 0 Å². The van der Waals surface area contributed by atoms with Crippen LogP contribution in [0.2, 0.25) is 0 Å². The molecule has 1 amide bonds.